The van der Waals surface area contributed by atoms with E-state index in [1.54, 1.807) is 0 Å². The fourth-order valence-electron chi connectivity index (χ4n) is 3.94. The van der Waals surface area contributed by atoms with Crippen LogP contribution in [0.5, 0.6) is 0 Å². The number of hydrogen-bond acceptors (Lipinski definition) is 3. The molecular formula is C27H26O2PS+. The smallest absolute Gasteiger partial charge is 0.302 e. The summed E-state index contributed by atoms with van der Waals surface area (Å²) in [7, 11) is -1.88. The number of ether oxygens (including phenoxy) is 1. The molecule has 4 rings (SSSR count). The van der Waals surface area contributed by atoms with Gasteiger partial charge < -0.3 is 4.74 Å². The van der Waals surface area contributed by atoms with Crippen molar-refractivity contribution < 1.29 is 9.53 Å². The molecule has 0 aliphatic carbocycles. The summed E-state index contributed by atoms with van der Waals surface area (Å²) in [5.74, 6) is -0.223. The Balaban J connectivity index is 1.78. The fourth-order valence-corrected chi connectivity index (χ4v) is 9.63. The number of carbonyl (C=O) groups excluding carboxylic acids is 1. The monoisotopic (exact) mass is 445 g/mol. The molecule has 0 radical (unpaired) electrons. The molecular weight excluding hydrogens is 419 g/mol. The first-order chi connectivity index (χ1) is 15.2. The van der Waals surface area contributed by atoms with Crippen LogP contribution in [0.2, 0.25) is 0 Å². The van der Waals surface area contributed by atoms with Crippen molar-refractivity contribution in [3.05, 3.63) is 113 Å². The van der Waals surface area contributed by atoms with Crippen molar-refractivity contribution in [1.82, 2.24) is 0 Å². The lowest BCUT2D eigenvalue weighted by Gasteiger charge is -2.27. The van der Waals surface area contributed by atoms with Gasteiger partial charge in [0.1, 0.15) is 29.3 Å². The first-order valence-electron chi connectivity index (χ1n) is 10.4. The molecule has 156 valence electrons. The summed E-state index contributed by atoms with van der Waals surface area (Å²) in [4.78, 5) is 13.7. The molecule has 4 heteroatoms. The van der Waals surface area contributed by atoms with E-state index in [-0.39, 0.29) is 5.97 Å². The average Bonchev–Trinajstić information content (AvgIpc) is 3.26. The van der Waals surface area contributed by atoms with E-state index in [4.69, 9.17) is 4.74 Å². The summed E-state index contributed by atoms with van der Waals surface area (Å²) >= 11 is 1.83. The molecule has 0 N–H and O–H groups in total. The van der Waals surface area contributed by atoms with Gasteiger partial charge in [0.2, 0.25) is 0 Å². The van der Waals surface area contributed by atoms with Crippen molar-refractivity contribution in [2.24, 2.45) is 0 Å². The van der Waals surface area contributed by atoms with Gasteiger partial charge in [-0.2, -0.15) is 0 Å². The van der Waals surface area contributed by atoms with Gasteiger partial charge in [0, 0.05) is 23.1 Å². The highest BCUT2D eigenvalue weighted by atomic mass is 32.1. The maximum Gasteiger partial charge on any atom is 0.302 e. The topological polar surface area (TPSA) is 26.3 Å². The van der Waals surface area contributed by atoms with Crippen LogP contribution in [0.3, 0.4) is 0 Å². The number of thiophene rings is 1. The van der Waals surface area contributed by atoms with Gasteiger partial charge in [-0.3, -0.25) is 4.79 Å². The Morgan fingerprint density at radius 1 is 0.710 bits per heavy atom. The van der Waals surface area contributed by atoms with E-state index in [9.17, 15) is 4.79 Å². The van der Waals surface area contributed by atoms with E-state index in [1.165, 1.54) is 32.6 Å². The van der Waals surface area contributed by atoms with Crippen LogP contribution in [0.4, 0.5) is 0 Å². The van der Waals surface area contributed by atoms with Gasteiger partial charge in [0.15, 0.2) is 0 Å². The van der Waals surface area contributed by atoms with Crippen LogP contribution in [-0.2, 0) is 22.1 Å². The van der Waals surface area contributed by atoms with Crippen LogP contribution in [0.25, 0.3) is 0 Å². The van der Waals surface area contributed by atoms with Crippen LogP contribution >= 0.6 is 18.6 Å². The molecule has 0 spiro atoms. The number of carbonyl (C=O) groups is 1. The molecule has 1 aromatic heterocycles. The highest BCUT2D eigenvalue weighted by molar-refractivity contribution is 7.95. The largest absolute Gasteiger partial charge is 0.465 e. The molecule has 0 atom stereocenters. The van der Waals surface area contributed by atoms with Crippen LogP contribution in [0.15, 0.2) is 103 Å². The number of esters is 1. The molecule has 31 heavy (non-hydrogen) atoms. The van der Waals surface area contributed by atoms with Crippen LogP contribution in [0.1, 0.15) is 16.7 Å². The maximum absolute atomic E-state index is 11.1. The lowest BCUT2D eigenvalue weighted by molar-refractivity contribution is -0.140. The van der Waals surface area contributed by atoms with Crippen LogP contribution in [0, 0.1) is 0 Å². The SMILES string of the molecule is CC(=O)OCCc1ccc(C[P+](c2ccccc2)(c2ccccc2)c2ccccc2)s1. The van der Waals surface area contributed by atoms with E-state index in [2.05, 4.69) is 103 Å². The lowest BCUT2D eigenvalue weighted by atomic mass is 10.3. The zero-order chi connectivity index (χ0) is 21.5. The molecule has 0 bridgehead atoms. The van der Waals surface area contributed by atoms with Gasteiger partial charge in [-0.05, 0) is 48.5 Å². The summed E-state index contributed by atoms with van der Waals surface area (Å²) in [6, 6.07) is 37.3. The van der Waals surface area contributed by atoms with E-state index < -0.39 is 7.26 Å². The maximum atomic E-state index is 11.1. The summed E-state index contributed by atoms with van der Waals surface area (Å²) < 4.78 is 5.14. The second kappa shape index (κ2) is 10.0. The fraction of sp³-hybridized carbons (Fsp3) is 0.148. The summed E-state index contributed by atoms with van der Waals surface area (Å²) in [5.41, 5.74) is 0. The second-order valence-electron chi connectivity index (χ2n) is 7.43. The predicted molar refractivity (Wildman–Crippen MR) is 134 cm³/mol. The van der Waals surface area contributed by atoms with Gasteiger partial charge in [-0.25, -0.2) is 0 Å². The first-order valence-corrected chi connectivity index (χ1v) is 13.2. The Morgan fingerprint density at radius 3 is 1.61 bits per heavy atom. The number of hydrogen-bond donors (Lipinski definition) is 0. The van der Waals surface area contributed by atoms with Gasteiger partial charge in [0.25, 0.3) is 0 Å². The third kappa shape index (κ3) is 4.95. The lowest BCUT2D eigenvalue weighted by Crippen LogP contribution is -2.32. The van der Waals surface area contributed by atoms with E-state index in [1.807, 2.05) is 11.3 Å². The Hall–Kier alpha value is -2.74. The zero-order valence-electron chi connectivity index (χ0n) is 17.6. The van der Waals surface area contributed by atoms with Gasteiger partial charge in [-0.15, -0.1) is 11.3 Å². The summed E-state index contributed by atoms with van der Waals surface area (Å²) in [5, 5.41) is 4.17. The first kappa shape index (κ1) is 21.5. The Morgan fingerprint density at radius 2 is 1.16 bits per heavy atom. The standard InChI is InChI=1S/C27H26O2PS/c1-22(28)29-20-19-26-17-18-27(31-26)21-30(23-11-5-2-6-12-23,24-13-7-3-8-14-24)25-15-9-4-10-16-25/h2-18H,19-21H2,1H3/q+1. The highest BCUT2D eigenvalue weighted by Gasteiger charge is 2.45. The van der Waals surface area contributed by atoms with E-state index >= 15 is 0 Å². The van der Waals surface area contributed by atoms with Crippen molar-refractivity contribution in [3.63, 3.8) is 0 Å². The Labute approximate surface area is 188 Å². The molecule has 0 fully saturated rings. The molecule has 0 saturated carbocycles. The van der Waals surface area contributed by atoms with Crippen molar-refractivity contribution >= 4 is 40.5 Å². The third-order valence-electron chi connectivity index (χ3n) is 5.36. The Kier molecular flexibility index (Phi) is 6.96. The Bertz CT molecular complexity index is 1010. The summed E-state index contributed by atoms with van der Waals surface area (Å²) in [6.07, 6.45) is 1.74. The molecule has 4 aromatic rings. The summed E-state index contributed by atoms with van der Waals surface area (Å²) in [6.45, 7) is 1.89. The highest BCUT2D eigenvalue weighted by Crippen LogP contribution is 2.58. The molecule has 2 nitrogen and oxygen atoms in total. The van der Waals surface area contributed by atoms with E-state index in [0.29, 0.717) is 6.61 Å². The molecule has 3 aromatic carbocycles. The zero-order valence-corrected chi connectivity index (χ0v) is 19.3. The van der Waals surface area contributed by atoms with Crippen molar-refractivity contribution in [2.45, 2.75) is 19.5 Å². The molecule has 1 heterocycles. The van der Waals surface area contributed by atoms with Crippen LogP contribution in [-0.4, -0.2) is 12.6 Å². The molecule has 0 amide bonds. The van der Waals surface area contributed by atoms with Crippen molar-refractivity contribution in [1.29, 1.82) is 0 Å². The van der Waals surface area contributed by atoms with Crippen molar-refractivity contribution in [3.8, 4) is 0 Å². The minimum atomic E-state index is -1.88. The molecule has 0 unspecified atom stereocenters. The van der Waals surface area contributed by atoms with Gasteiger partial charge >= 0.3 is 5.97 Å². The molecule has 0 aliphatic rings. The number of benzene rings is 3. The van der Waals surface area contributed by atoms with E-state index in [0.717, 1.165) is 12.6 Å². The van der Waals surface area contributed by atoms with Gasteiger partial charge in [0.05, 0.1) is 6.61 Å². The number of rotatable bonds is 8. The second-order valence-corrected chi connectivity index (χ2v) is 12.2. The molecule has 0 aliphatic heterocycles. The van der Waals surface area contributed by atoms with Crippen LogP contribution < -0.4 is 15.9 Å². The normalized spacial score (nSPS) is 11.3. The molecule has 0 saturated heterocycles. The van der Waals surface area contributed by atoms with Gasteiger partial charge in [-0.1, -0.05) is 54.6 Å². The third-order valence-corrected chi connectivity index (χ3v) is 11.1. The average molecular weight is 446 g/mol. The quantitative estimate of drug-likeness (QED) is 0.270. The minimum absolute atomic E-state index is 0.223. The minimum Gasteiger partial charge on any atom is -0.465 e. The predicted octanol–water partition coefficient (Wildman–Crippen LogP) is 5.35. The van der Waals surface area contributed by atoms with Crippen molar-refractivity contribution in [2.75, 3.05) is 6.61 Å².